The van der Waals surface area contributed by atoms with Crippen molar-refractivity contribution in [1.82, 2.24) is 10.2 Å². The van der Waals surface area contributed by atoms with Gasteiger partial charge in [0.05, 0.1) is 16.1 Å². The van der Waals surface area contributed by atoms with Crippen LogP contribution in [0.25, 0.3) is 0 Å². The first-order chi connectivity index (χ1) is 8.99. The van der Waals surface area contributed by atoms with Gasteiger partial charge in [-0.2, -0.15) is 0 Å². The molecule has 1 N–H and O–H groups in total. The number of amides is 1. The predicted octanol–water partition coefficient (Wildman–Crippen LogP) is 2.95. The lowest BCUT2D eigenvalue weighted by Crippen LogP contribution is -2.43. The largest absolute Gasteiger partial charge is 0.340 e. The lowest BCUT2D eigenvalue weighted by molar-refractivity contribution is -0.133. The summed E-state index contributed by atoms with van der Waals surface area (Å²) in [5, 5.41) is 4.31. The minimum atomic E-state index is -0.0622. The van der Waals surface area contributed by atoms with Crippen LogP contribution in [0.1, 0.15) is 18.9 Å². The first kappa shape index (κ1) is 14.6. The second-order valence-corrected chi connectivity index (χ2v) is 5.95. The zero-order chi connectivity index (χ0) is 14.0. The number of carbonyl (C=O) groups is 1. The monoisotopic (exact) mass is 300 g/mol. The highest BCUT2D eigenvalue weighted by atomic mass is 35.5. The van der Waals surface area contributed by atoms with Gasteiger partial charge in [-0.25, -0.2) is 0 Å². The fraction of sp³-hybridized carbons (Fsp3) is 0.500. The highest BCUT2D eigenvalue weighted by Crippen LogP contribution is 2.23. The maximum absolute atomic E-state index is 12.3. The SMILES string of the molecule is CC1CCNC1C(=O)N(C)Cc1ccc(Cl)c(Cl)c1. The molecule has 0 aromatic heterocycles. The highest BCUT2D eigenvalue weighted by molar-refractivity contribution is 6.42. The van der Waals surface area contributed by atoms with Crippen LogP contribution in [-0.2, 0) is 11.3 Å². The van der Waals surface area contributed by atoms with Crippen molar-refractivity contribution in [2.75, 3.05) is 13.6 Å². The van der Waals surface area contributed by atoms with E-state index in [0.717, 1.165) is 18.5 Å². The number of nitrogens with zero attached hydrogens (tertiary/aromatic N) is 1. The zero-order valence-corrected chi connectivity index (χ0v) is 12.6. The van der Waals surface area contributed by atoms with Gasteiger partial charge in [0.15, 0.2) is 0 Å². The third-order valence-electron chi connectivity index (χ3n) is 3.58. The molecular weight excluding hydrogens is 283 g/mol. The standard InChI is InChI=1S/C14H18Cl2N2O/c1-9-5-6-17-13(9)14(19)18(2)8-10-3-4-11(15)12(16)7-10/h3-4,7,9,13,17H,5-6,8H2,1-2H3. The average molecular weight is 301 g/mol. The Morgan fingerprint density at radius 2 is 2.16 bits per heavy atom. The fourth-order valence-electron chi connectivity index (χ4n) is 2.39. The van der Waals surface area contributed by atoms with Crippen molar-refractivity contribution in [2.24, 2.45) is 5.92 Å². The van der Waals surface area contributed by atoms with Crippen LogP contribution in [0.3, 0.4) is 0 Å². The normalized spacial score (nSPS) is 22.5. The maximum atomic E-state index is 12.3. The van der Waals surface area contributed by atoms with Gasteiger partial charge in [0, 0.05) is 13.6 Å². The van der Waals surface area contributed by atoms with Gasteiger partial charge in [-0.3, -0.25) is 4.79 Å². The summed E-state index contributed by atoms with van der Waals surface area (Å²) in [6.07, 6.45) is 1.05. The van der Waals surface area contributed by atoms with Crippen LogP contribution < -0.4 is 5.32 Å². The number of hydrogen-bond acceptors (Lipinski definition) is 2. The van der Waals surface area contributed by atoms with E-state index in [-0.39, 0.29) is 11.9 Å². The smallest absolute Gasteiger partial charge is 0.240 e. The maximum Gasteiger partial charge on any atom is 0.240 e. The number of likely N-dealkylation sites (N-methyl/N-ethyl adjacent to an activating group) is 1. The topological polar surface area (TPSA) is 32.3 Å². The summed E-state index contributed by atoms with van der Waals surface area (Å²) in [4.78, 5) is 14.1. The van der Waals surface area contributed by atoms with Crippen LogP contribution in [0.15, 0.2) is 18.2 Å². The molecular formula is C14H18Cl2N2O. The van der Waals surface area contributed by atoms with Crippen molar-refractivity contribution in [3.8, 4) is 0 Å². The molecule has 5 heteroatoms. The van der Waals surface area contributed by atoms with Gasteiger partial charge in [-0.15, -0.1) is 0 Å². The van der Waals surface area contributed by atoms with E-state index in [1.54, 1.807) is 17.0 Å². The molecule has 1 saturated heterocycles. The number of halogens is 2. The van der Waals surface area contributed by atoms with Crippen LogP contribution in [0.2, 0.25) is 10.0 Å². The number of benzene rings is 1. The molecule has 104 valence electrons. The summed E-state index contributed by atoms with van der Waals surface area (Å²) in [5.74, 6) is 0.528. The predicted molar refractivity (Wildman–Crippen MR) is 78.5 cm³/mol. The van der Waals surface area contributed by atoms with Crippen LogP contribution in [0.5, 0.6) is 0 Å². The van der Waals surface area contributed by atoms with E-state index < -0.39 is 0 Å². The van der Waals surface area contributed by atoms with Gasteiger partial charge in [-0.05, 0) is 36.6 Å². The van der Waals surface area contributed by atoms with Crippen molar-refractivity contribution in [3.63, 3.8) is 0 Å². The van der Waals surface area contributed by atoms with Crippen molar-refractivity contribution >= 4 is 29.1 Å². The fourth-order valence-corrected chi connectivity index (χ4v) is 2.71. The quantitative estimate of drug-likeness (QED) is 0.931. The van der Waals surface area contributed by atoms with Crippen molar-refractivity contribution < 1.29 is 4.79 Å². The number of nitrogens with one attached hydrogen (secondary N) is 1. The van der Waals surface area contributed by atoms with Gasteiger partial charge in [-0.1, -0.05) is 36.2 Å². The molecule has 1 fully saturated rings. The Morgan fingerprint density at radius 1 is 1.42 bits per heavy atom. The highest BCUT2D eigenvalue weighted by Gasteiger charge is 2.31. The Bertz CT molecular complexity index is 479. The third-order valence-corrected chi connectivity index (χ3v) is 4.32. The molecule has 2 unspecified atom stereocenters. The van der Waals surface area contributed by atoms with Gasteiger partial charge in [0.1, 0.15) is 0 Å². The lowest BCUT2D eigenvalue weighted by atomic mass is 10.0. The molecule has 0 radical (unpaired) electrons. The van der Waals surface area contributed by atoms with Crippen LogP contribution in [0.4, 0.5) is 0 Å². The molecule has 1 amide bonds. The van der Waals surface area contributed by atoms with E-state index in [9.17, 15) is 4.79 Å². The summed E-state index contributed by atoms with van der Waals surface area (Å²) in [6.45, 7) is 3.56. The van der Waals surface area contributed by atoms with Crippen LogP contribution >= 0.6 is 23.2 Å². The van der Waals surface area contributed by atoms with Crippen LogP contribution in [-0.4, -0.2) is 30.4 Å². The van der Waals surface area contributed by atoms with E-state index in [2.05, 4.69) is 12.2 Å². The van der Waals surface area contributed by atoms with E-state index in [1.807, 2.05) is 13.1 Å². The van der Waals surface area contributed by atoms with Gasteiger partial charge >= 0.3 is 0 Å². The van der Waals surface area contributed by atoms with E-state index in [0.29, 0.717) is 22.5 Å². The molecule has 0 aliphatic carbocycles. The summed E-state index contributed by atoms with van der Waals surface area (Å²) in [7, 11) is 1.82. The van der Waals surface area contributed by atoms with Crippen molar-refractivity contribution in [2.45, 2.75) is 25.9 Å². The summed E-state index contributed by atoms with van der Waals surface area (Å²) >= 11 is 11.9. The average Bonchev–Trinajstić information content (AvgIpc) is 2.79. The second kappa shape index (κ2) is 6.12. The Hall–Kier alpha value is -0.770. The molecule has 0 bridgehead atoms. The van der Waals surface area contributed by atoms with E-state index >= 15 is 0 Å². The zero-order valence-electron chi connectivity index (χ0n) is 11.1. The molecule has 0 saturated carbocycles. The number of carbonyl (C=O) groups excluding carboxylic acids is 1. The minimum Gasteiger partial charge on any atom is -0.340 e. The van der Waals surface area contributed by atoms with E-state index in [1.165, 1.54) is 0 Å². The van der Waals surface area contributed by atoms with Gasteiger partial charge in [0.25, 0.3) is 0 Å². The minimum absolute atomic E-state index is 0.0622. The lowest BCUT2D eigenvalue weighted by Gasteiger charge is -2.23. The number of hydrogen-bond donors (Lipinski definition) is 1. The number of rotatable bonds is 3. The van der Waals surface area contributed by atoms with Gasteiger partial charge in [0.2, 0.25) is 5.91 Å². The Balaban J connectivity index is 2.01. The second-order valence-electron chi connectivity index (χ2n) is 5.14. The first-order valence-corrected chi connectivity index (χ1v) is 7.17. The Labute approximate surface area is 123 Å². The molecule has 1 heterocycles. The Morgan fingerprint density at radius 3 is 2.74 bits per heavy atom. The molecule has 0 spiro atoms. The molecule has 1 aliphatic heterocycles. The molecule has 2 atom stereocenters. The molecule has 2 rings (SSSR count). The molecule has 1 aromatic rings. The summed E-state index contributed by atoms with van der Waals surface area (Å²) in [5.41, 5.74) is 0.982. The van der Waals surface area contributed by atoms with Crippen LogP contribution in [0, 0.1) is 5.92 Å². The first-order valence-electron chi connectivity index (χ1n) is 6.41. The summed E-state index contributed by atoms with van der Waals surface area (Å²) < 4.78 is 0. The Kier molecular flexibility index (Phi) is 4.71. The molecule has 19 heavy (non-hydrogen) atoms. The van der Waals surface area contributed by atoms with Crippen molar-refractivity contribution in [1.29, 1.82) is 0 Å². The molecule has 1 aromatic carbocycles. The molecule has 3 nitrogen and oxygen atoms in total. The third kappa shape index (κ3) is 3.41. The summed E-state index contributed by atoms with van der Waals surface area (Å²) in [6, 6.07) is 5.39. The van der Waals surface area contributed by atoms with Crippen molar-refractivity contribution in [3.05, 3.63) is 33.8 Å². The van der Waals surface area contributed by atoms with Gasteiger partial charge < -0.3 is 10.2 Å². The molecule has 1 aliphatic rings. The van der Waals surface area contributed by atoms with E-state index in [4.69, 9.17) is 23.2 Å².